The highest BCUT2D eigenvalue weighted by molar-refractivity contribution is 5.96. The SMILES string of the molecule is N#Cc1cc(F)ccc1NC(=O)C1Cc2ccccc2O1. The average molecular weight is 282 g/mol. The van der Waals surface area contributed by atoms with E-state index in [2.05, 4.69) is 5.32 Å². The molecule has 1 aliphatic heterocycles. The number of ether oxygens (including phenoxy) is 1. The summed E-state index contributed by atoms with van der Waals surface area (Å²) >= 11 is 0. The number of amides is 1. The smallest absolute Gasteiger partial charge is 0.265 e. The Balaban J connectivity index is 1.76. The van der Waals surface area contributed by atoms with Gasteiger partial charge in [0.25, 0.3) is 5.91 Å². The van der Waals surface area contributed by atoms with Crippen LogP contribution in [0.4, 0.5) is 10.1 Å². The number of hydrogen-bond donors (Lipinski definition) is 1. The molecule has 104 valence electrons. The minimum absolute atomic E-state index is 0.0823. The number of anilines is 1. The lowest BCUT2D eigenvalue weighted by Gasteiger charge is -2.12. The van der Waals surface area contributed by atoms with Crippen LogP contribution in [0.3, 0.4) is 0 Å². The van der Waals surface area contributed by atoms with Crippen molar-refractivity contribution in [1.82, 2.24) is 0 Å². The number of para-hydroxylation sites is 1. The van der Waals surface area contributed by atoms with Gasteiger partial charge in [-0.2, -0.15) is 5.26 Å². The lowest BCUT2D eigenvalue weighted by Crippen LogP contribution is -2.31. The number of hydrogen-bond acceptors (Lipinski definition) is 3. The first-order valence-corrected chi connectivity index (χ1v) is 6.42. The van der Waals surface area contributed by atoms with Gasteiger partial charge in [0.2, 0.25) is 0 Å². The molecular weight excluding hydrogens is 271 g/mol. The van der Waals surface area contributed by atoms with Crippen LogP contribution in [0.25, 0.3) is 0 Å². The molecule has 1 unspecified atom stereocenters. The molecule has 1 atom stereocenters. The topological polar surface area (TPSA) is 62.1 Å². The van der Waals surface area contributed by atoms with E-state index < -0.39 is 11.9 Å². The summed E-state index contributed by atoms with van der Waals surface area (Å²) in [6, 6.07) is 12.9. The number of nitriles is 1. The lowest BCUT2D eigenvalue weighted by molar-refractivity contribution is -0.122. The second-order valence-electron chi connectivity index (χ2n) is 4.71. The van der Waals surface area contributed by atoms with Crippen LogP contribution in [0.1, 0.15) is 11.1 Å². The second-order valence-corrected chi connectivity index (χ2v) is 4.71. The van der Waals surface area contributed by atoms with Gasteiger partial charge in [-0.05, 0) is 29.8 Å². The number of nitrogens with zero attached hydrogens (tertiary/aromatic N) is 1. The minimum Gasteiger partial charge on any atom is -0.480 e. The predicted molar refractivity (Wildman–Crippen MR) is 74.3 cm³/mol. The highest BCUT2D eigenvalue weighted by Crippen LogP contribution is 2.29. The maximum Gasteiger partial charge on any atom is 0.265 e. The van der Waals surface area contributed by atoms with E-state index in [-0.39, 0.29) is 17.2 Å². The molecule has 2 aromatic carbocycles. The first-order valence-electron chi connectivity index (χ1n) is 6.42. The van der Waals surface area contributed by atoms with Crippen LogP contribution in [-0.4, -0.2) is 12.0 Å². The molecule has 0 bridgehead atoms. The van der Waals surface area contributed by atoms with Crippen LogP contribution in [0.2, 0.25) is 0 Å². The summed E-state index contributed by atoms with van der Waals surface area (Å²) in [5, 5.41) is 11.6. The van der Waals surface area contributed by atoms with Crippen LogP contribution >= 0.6 is 0 Å². The van der Waals surface area contributed by atoms with Crippen molar-refractivity contribution in [3.63, 3.8) is 0 Å². The largest absolute Gasteiger partial charge is 0.480 e. The number of fused-ring (bicyclic) bond motifs is 1. The van der Waals surface area contributed by atoms with Crippen LogP contribution in [0.5, 0.6) is 5.75 Å². The summed E-state index contributed by atoms with van der Waals surface area (Å²) in [5.74, 6) is -0.180. The van der Waals surface area contributed by atoms with Crippen LogP contribution in [0.15, 0.2) is 42.5 Å². The molecule has 0 saturated carbocycles. The number of carbonyl (C=O) groups is 1. The van der Waals surface area contributed by atoms with Crippen LogP contribution in [0, 0.1) is 17.1 Å². The average Bonchev–Trinajstić information content (AvgIpc) is 2.93. The van der Waals surface area contributed by atoms with Crippen molar-refractivity contribution < 1.29 is 13.9 Å². The van der Waals surface area contributed by atoms with E-state index in [1.807, 2.05) is 24.3 Å². The maximum atomic E-state index is 13.1. The van der Waals surface area contributed by atoms with E-state index in [0.717, 1.165) is 11.6 Å². The predicted octanol–water partition coefficient (Wildman–Crippen LogP) is 2.64. The molecule has 0 fully saturated rings. The van der Waals surface area contributed by atoms with E-state index in [0.29, 0.717) is 12.2 Å². The fourth-order valence-corrected chi connectivity index (χ4v) is 2.26. The van der Waals surface area contributed by atoms with Crippen molar-refractivity contribution in [2.24, 2.45) is 0 Å². The monoisotopic (exact) mass is 282 g/mol. The van der Waals surface area contributed by atoms with E-state index >= 15 is 0 Å². The lowest BCUT2D eigenvalue weighted by atomic mass is 10.1. The highest BCUT2D eigenvalue weighted by Gasteiger charge is 2.29. The Bertz CT molecular complexity index is 727. The molecule has 0 spiro atoms. The quantitative estimate of drug-likeness (QED) is 0.921. The molecule has 0 saturated heterocycles. The molecule has 0 aliphatic carbocycles. The molecule has 1 amide bonds. The zero-order valence-electron chi connectivity index (χ0n) is 11.0. The first-order chi connectivity index (χ1) is 10.2. The molecule has 3 rings (SSSR count). The zero-order chi connectivity index (χ0) is 14.8. The maximum absolute atomic E-state index is 13.1. The molecule has 1 N–H and O–H groups in total. The third-order valence-corrected chi connectivity index (χ3v) is 3.30. The minimum atomic E-state index is -0.640. The van der Waals surface area contributed by atoms with E-state index in [1.54, 1.807) is 6.07 Å². The fourth-order valence-electron chi connectivity index (χ4n) is 2.26. The summed E-state index contributed by atoms with van der Waals surface area (Å²) in [7, 11) is 0. The Kier molecular flexibility index (Phi) is 3.28. The van der Waals surface area contributed by atoms with Crippen molar-refractivity contribution in [1.29, 1.82) is 5.26 Å². The second kappa shape index (κ2) is 5.25. The van der Waals surface area contributed by atoms with Crippen LogP contribution < -0.4 is 10.1 Å². The van der Waals surface area contributed by atoms with Crippen molar-refractivity contribution in [2.45, 2.75) is 12.5 Å². The third kappa shape index (κ3) is 2.56. The number of halogens is 1. The molecule has 0 aromatic heterocycles. The molecule has 21 heavy (non-hydrogen) atoms. The van der Waals surface area contributed by atoms with Gasteiger partial charge in [0.15, 0.2) is 6.10 Å². The molecule has 1 heterocycles. The fraction of sp³-hybridized carbons (Fsp3) is 0.125. The van der Waals surface area contributed by atoms with E-state index in [9.17, 15) is 9.18 Å². The van der Waals surface area contributed by atoms with Gasteiger partial charge >= 0.3 is 0 Å². The molecule has 1 aliphatic rings. The Morgan fingerprint density at radius 3 is 2.90 bits per heavy atom. The third-order valence-electron chi connectivity index (χ3n) is 3.30. The van der Waals surface area contributed by atoms with E-state index in [1.165, 1.54) is 12.1 Å². The number of carbonyl (C=O) groups excluding carboxylic acids is 1. The van der Waals surface area contributed by atoms with Gasteiger partial charge < -0.3 is 10.1 Å². The van der Waals surface area contributed by atoms with Gasteiger partial charge in [-0.15, -0.1) is 0 Å². The number of nitrogens with one attached hydrogen (secondary N) is 1. The van der Waals surface area contributed by atoms with Gasteiger partial charge in [0.1, 0.15) is 17.6 Å². The Morgan fingerprint density at radius 1 is 1.33 bits per heavy atom. The molecule has 5 heteroatoms. The molecular formula is C16H11FN2O2. The summed E-state index contributed by atoms with van der Waals surface area (Å²) in [6.07, 6.45) is -0.163. The van der Waals surface area contributed by atoms with Gasteiger partial charge in [0.05, 0.1) is 11.3 Å². The van der Waals surface area contributed by atoms with Gasteiger partial charge in [-0.1, -0.05) is 18.2 Å². The Hall–Kier alpha value is -2.87. The summed E-state index contributed by atoms with van der Waals surface area (Å²) in [5.41, 5.74) is 1.33. The van der Waals surface area contributed by atoms with Crippen LogP contribution in [-0.2, 0) is 11.2 Å². The van der Waals surface area contributed by atoms with Crippen molar-refractivity contribution >= 4 is 11.6 Å². The molecule has 2 aromatic rings. The number of benzene rings is 2. The van der Waals surface area contributed by atoms with Crippen molar-refractivity contribution in [3.05, 3.63) is 59.4 Å². The standard InChI is InChI=1S/C16H11FN2O2/c17-12-5-6-13(11(7-12)9-18)19-16(20)15-8-10-3-1-2-4-14(10)21-15/h1-7,15H,8H2,(H,19,20). The zero-order valence-corrected chi connectivity index (χ0v) is 11.0. The molecule has 4 nitrogen and oxygen atoms in total. The van der Waals surface area contributed by atoms with Crippen molar-refractivity contribution in [2.75, 3.05) is 5.32 Å². The normalized spacial score (nSPS) is 15.7. The number of rotatable bonds is 2. The van der Waals surface area contributed by atoms with Gasteiger partial charge in [-0.25, -0.2) is 4.39 Å². The summed E-state index contributed by atoms with van der Waals surface area (Å²) in [6.45, 7) is 0. The van der Waals surface area contributed by atoms with E-state index in [4.69, 9.17) is 10.00 Å². The summed E-state index contributed by atoms with van der Waals surface area (Å²) < 4.78 is 18.6. The molecule has 0 radical (unpaired) electrons. The van der Waals surface area contributed by atoms with Gasteiger partial charge in [-0.3, -0.25) is 4.79 Å². The highest BCUT2D eigenvalue weighted by atomic mass is 19.1. The van der Waals surface area contributed by atoms with Gasteiger partial charge in [0, 0.05) is 6.42 Å². The Labute approximate surface area is 120 Å². The first kappa shape index (κ1) is 13.1. The Morgan fingerprint density at radius 2 is 2.14 bits per heavy atom. The van der Waals surface area contributed by atoms with Crippen molar-refractivity contribution in [3.8, 4) is 11.8 Å². The summed E-state index contributed by atoms with van der Waals surface area (Å²) in [4.78, 5) is 12.2.